The van der Waals surface area contributed by atoms with E-state index in [1.54, 1.807) is 31.4 Å². The highest BCUT2D eigenvalue weighted by Crippen LogP contribution is 2.23. The fraction of sp³-hybridized carbons (Fsp3) is 0.0500. The van der Waals surface area contributed by atoms with E-state index >= 15 is 0 Å². The van der Waals surface area contributed by atoms with E-state index in [9.17, 15) is 9.59 Å². The summed E-state index contributed by atoms with van der Waals surface area (Å²) >= 11 is 3.38. The van der Waals surface area contributed by atoms with Gasteiger partial charge < -0.3 is 10.1 Å². The van der Waals surface area contributed by atoms with E-state index in [2.05, 4.69) is 31.8 Å². The highest BCUT2D eigenvalue weighted by Gasteiger charge is 2.14. The van der Waals surface area contributed by atoms with Crippen molar-refractivity contribution in [3.63, 3.8) is 0 Å². The first-order valence-corrected chi connectivity index (χ1v) is 8.83. The van der Waals surface area contributed by atoms with Gasteiger partial charge in [-0.3, -0.25) is 9.59 Å². The van der Waals surface area contributed by atoms with E-state index < -0.39 is 11.8 Å². The summed E-state index contributed by atoms with van der Waals surface area (Å²) in [5.41, 5.74) is 3.48. The van der Waals surface area contributed by atoms with Gasteiger partial charge in [0.15, 0.2) is 0 Å². The van der Waals surface area contributed by atoms with Crippen LogP contribution in [-0.2, 0) is 9.59 Å². The van der Waals surface area contributed by atoms with Crippen LogP contribution in [-0.4, -0.2) is 25.1 Å². The number of anilines is 1. The van der Waals surface area contributed by atoms with Gasteiger partial charge >= 0.3 is 11.8 Å². The van der Waals surface area contributed by atoms with E-state index in [0.29, 0.717) is 17.0 Å². The molecule has 0 radical (unpaired) electrons. The fourth-order valence-corrected chi connectivity index (χ4v) is 2.82. The lowest BCUT2D eigenvalue weighted by Crippen LogP contribution is -2.32. The summed E-state index contributed by atoms with van der Waals surface area (Å²) in [5, 5.41) is 8.26. The number of rotatable bonds is 4. The normalized spacial score (nSPS) is 10.7. The van der Waals surface area contributed by atoms with Crippen molar-refractivity contribution in [2.45, 2.75) is 0 Å². The number of methoxy groups -OCH3 is 1. The minimum atomic E-state index is -0.863. The molecule has 6 nitrogen and oxygen atoms in total. The summed E-state index contributed by atoms with van der Waals surface area (Å²) in [6, 6.07) is 18.4. The third kappa shape index (κ3) is 4.51. The van der Waals surface area contributed by atoms with Crippen LogP contribution in [0.15, 0.2) is 70.2 Å². The van der Waals surface area contributed by atoms with Gasteiger partial charge in [-0.1, -0.05) is 52.3 Å². The molecule has 0 bridgehead atoms. The number of ether oxygens (including phenoxy) is 1. The topological polar surface area (TPSA) is 79.8 Å². The largest absolute Gasteiger partial charge is 0.497 e. The third-order valence-electron chi connectivity index (χ3n) is 3.82. The molecule has 0 aliphatic carbocycles. The van der Waals surface area contributed by atoms with Gasteiger partial charge in [0.05, 0.1) is 13.3 Å². The number of hydrogen-bond acceptors (Lipinski definition) is 4. The molecule has 0 spiro atoms. The molecule has 0 heterocycles. The lowest BCUT2D eigenvalue weighted by Gasteiger charge is -2.07. The average Bonchev–Trinajstić information content (AvgIpc) is 2.69. The van der Waals surface area contributed by atoms with Crippen LogP contribution in [0.3, 0.4) is 0 Å². The predicted octanol–water partition coefficient (Wildman–Crippen LogP) is 3.70. The van der Waals surface area contributed by atoms with Crippen LogP contribution in [0.1, 0.15) is 5.56 Å². The van der Waals surface area contributed by atoms with Gasteiger partial charge in [0.1, 0.15) is 5.75 Å². The quantitative estimate of drug-likeness (QED) is 0.379. The molecule has 0 aliphatic heterocycles. The first-order valence-electron chi connectivity index (χ1n) is 8.04. The molecule has 7 heteroatoms. The number of halogens is 1. The van der Waals surface area contributed by atoms with Gasteiger partial charge in [0, 0.05) is 21.1 Å². The first kappa shape index (κ1) is 18.6. The highest BCUT2D eigenvalue weighted by atomic mass is 79.9. The minimum Gasteiger partial charge on any atom is -0.497 e. The first-order chi connectivity index (χ1) is 13.1. The Kier molecular flexibility index (Phi) is 5.83. The number of fused-ring (bicyclic) bond motifs is 1. The highest BCUT2D eigenvalue weighted by molar-refractivity contribution is 9.10. The summed E-state index contributed by atoms with van der Waals surface area (Å²) in [6.07, 6.45) is 1.43. The standard InChI is InChI=1S/C20H16BrN3O3/c1-27-15-9-10-17(21)14(11-15)12-22-24-20(26)19(25)23-18-8-4-6-13-5-2-3-7-16(13)18/h2-12H,1H3,(H,23,25)(H,24,26)/b22-12-. The molecule has 2 amide bonds. The number of nitrogens with one attached hydrogen (secondary N) is 2. The summed E-state index contributed by atoms with van der Waals surface area (Å²) in [5.74, 6) is -1.01. The summed E-state index contributed by atoms with van der Waals surface area (Å²) < 4.78 is 5.92. The Bertz CT molecular complexity index is 1030. The molecule has 0 fully saturated rings. The molecule has 2 N–H and O–H groups in total. The molecule has 0 saturated carbocycles. The fourth-order valence-electron chi connectivity index (χ4n) is 2.47. The molecule has 0 aliphatic rings. The molecule has 0 aromatic heterocycles. The lowest BCUT2D eigenvalue weighted by atomic mass is 10.1. The number of hydrogen-bond donors (Lipinski definition) is 2. The smallest absolute Gasteiger partial charge is 0.329 e. The van der Waals surface area contributed by atoms with Crippen LogP contribution >= 0.6 is 15.9 Å². The Labute approximate surface area is 164 Å². The molecule has 27 heavy (non-hydrogen) atoms. The second kappa shape index (κ2) is 8.46. The molecule has 136 valence electrons. The van der Waals surface area contributed by atoms with Crippen LogP contribution < -0.4 is 15.5 Å². The van der Waals surface area contributed by atoms with Crippen molar-refractivity contribution in [2.24, 2.45) is 5.10 Å². The van der Waals surface area contributed by atoms with Crippen molar-refractivity contribution < 1.29 is 14.3 Å². The van der Waals surface area contributed by atoms with Crippen LogP contribution in [0.5, 0.6) is 5.75 Å². The number of benzene rings is 3. The van der Waals surface area contributed by atoms with Crippen molar-refractivity contribution >= 4 is 50.4 Å². The predicted molar refractivity (Wildman–Crippen MR) is 109 cm³/mol. The van der Waals surface area contributed by atoms with Gasteiger partial charge in [-0.25, -0.2) is 5.43 Å². The number of carbonyl (C=O) groups excluding carboxylic acids is 2. The van der Waals surface area contributed by atoms with Crippen molar-refractivity contribution in [1.29, 1.82) is 0 Å². The van der Waals surface area contributed by atoms with Crippen molar-refractivity contribution in [3.05, 3.63) is 70.7 Å². The molecule has 0 atom stereocenters. The van der Waals surface area contributed by atoms with Crippen LogP contribution in [0.25, 0.3) is 10.8 Å². The summed E-state index contributed by atoms with van der Waals surface area (Å²) in [4.78, 5) is 24.1. The van der Waals surface area contributed by atoms with Gasteiger partial charge in [-0.2, -0.15) is 5.10 Å². The molecule has 3 aromatic carbocycles. The molecule has 3 aromatic rings. The molecule has 3 rings (SSSR count). The minimum absolute atomic E-state index is 0.563. The Hall–Kier alpha value is -3.19. The Balaban J connectivity index is 1.67. The van der Waals surface area contributed by atoms with Gasteiger partial charge in [-0.15, -0.1) is 0 Å². The lowest BCUT2D eigenvalue weighted by molar-refractivity contribution is -0.136. The Morgan fingerprint density at radius 1 is 1.04 bits per heavy atom. The molecular weight excluding hydrogens is 410 g/mol. The Morgan fingerprint density at radius 3 is 2.63 bits per heavy atom. The number of carbonyl (C=O) groups is 2. The van der Waals surface area contributed by atoms with Gasteiger partial charge in [0.25, 0.3) is 0 Å². The summed E-state index contributed by atoms with van der Waals surface area (Å²) in [7, 11) is 1.56. The van der Waals surface area contributed by atoms with Crippen LogP contribution in [0, 0.1) is 0 Å². The maximum absolute atomic E-state index is 12.1. The zero-order valence-corrected chi connectivity index (χ0v) is 16.0. The van der Waals surface area contributed by atoms with E-state index in [1.807, 2.05) is 36.4 Å². The zero-order chi connectivity index (χ0) is 19.2. The second-order valence-electron chi connectivity index (χ2n) is 5.57. The van der Waals surface area contributed by atoms with Crippen molar-refractivity contribution in [1.82, 2.24) is 5.43 Å². The monoisotopic (exact) mass is 425 g/mol. The van der Waals surface area contributed by atoms with Gasteiger partial charge in [0.2, 0.25) is 0 Å². The Morgan fingerprint density at radius 2 is 1.81 bits per heavy atom. The second-order valence-corrected chi connectivity index (χ2v) is 6.42. The maximum Gasteiger partial charge on any atom is 0.329 e. The van der Waals surface area contributed by atoms with E-state index in [0.717, 1.165) is 15.2 Å². The summed E-state index contributed by atoms with van der Waals surface area (Å²) in [6.45, 7) is 0. The van der Waals surface area contributed by atoms with E-state index in [-0.39, 0.29) is 0 Å². The van der Waals surface area contributed by atoms with Gasteiger partial charge in [-0.05, 0) is 29.7 Å². The van der Waals surface area contributed by atoms with Crippen LogP contribution in [0.2, 0.25) is 0 Å². The zero-order valence-electron chi connectivity index (χ0n) is 14.4. The van der Waals surface area contributed by atoms with E-state index in [1.165, 1.54) is 6.21 Å². The molecule has 0 saturated heterocycles. The number of nitrogens with zero attached hydrogens (tertiary/aromatic N) is 1. The molecular formula is C20H16BrN3O3. The van der Waals surface area contributed by atoms with Crippen molar-refractivity contribution in [3.8, 4) is 5.75 Å². The average molecular weight is 426 g/mol. The third-order valence-corrected chi connectivity index (χ3v) is 4.54. The maximum atomic E-state index is 12.1. The number of hydrazone groups is 1. The van der Waals surface area contributed by atoms with E-state index in [4.69, 9.17) is 4.74 Å². The SMILES string of the molecule is COc1ccc(Br)c(/C=N\NC(=O)C(=O)Nc2cccc3ccccc23)c1. The van der Waals surface area contributed by atoms with Crippen molar-refractivity contribution in [2.75, 3.05) is 12.4 Å². The number of amides is 2. The molecule has 0 unspecified atom stereocenters. The van der Waals surface area contributed by atoms with Crippen LogP contribution in [0.4, 0.5) is 5.69 Å².